The molecular formula is C18H32N2S. The molecule has 2 nitrogen and oxygen atoms in total. The smallest absolute Gasteiger partial charge is 0.0933 e. The summed E-state index contributed by atoms with van der Waals surface area (Å²) >= 11 is 1.82. The predicted octanol–water partition coefficient (Wildman–Crippen LogP) is 4.77. The minimum absolute atomic E-state index is 0.148. The molecule has 1 aliphatic rings. The molecule has 3 unspecified atom stereocenters. The summed E-state index contributed by atoms with van der Waals surface area (Å²) in [7, 11) is 0. The zero-order chi connectivity index (χ0) is 15.8. The molecule has 0 amide bonds. The Hall–Kier alpha value is -0.410. The third-order valence-electron chi connectivity index (χ3n) is 5.09. The Kier molecular flexibility index (Phi) is 4.84. The maximum atomic E-state index is 6.47. The number of rotatable bonds is 3. The fourth-order valence-corrected chi connectivity index (χ4v) is 4.91. The van der Waals surface area contributed by atoms with Gasteiger partial charge in [-0.1, -0.05) is 48.0 Å². The number of hydrogen-bond donors (Lipinski definition) is 1. The fraction of sp³-hybridized carbons (Fsp3) is 0.833. The van der Waals surface area contributed by atoms with Crippen molar-refractivity contribution in [3.05, 3.63) is 16.1 Å². The number of thiazole rings is 1. The van der Waals surface area contributed by atoms with Crippen molar-refractivity contribution >= 4 is 11.3 Å². The number of nitrogens with two attached hydrogens (primary N) is 1. The lowest BCUT2D eigenvalue weighted by molar-refractivity contribution is 0.113. The lowest BCUT2D eigenvalue weighted by Crippen LogP contribution is -2.44. The Morgan fingerprint density at radius 1 is 1.24 bits per heavy atom. The molecule has 0 aliphatic heterocycles. The first-order chi connectivity index (χ1) is 9.59. The van der Waals surface area contributed by atoms with Crippen LogP contribution in [-0.4, -0.2) is 11.0 Å². The monoisotopic (exact) mass is 308 g/mol. The third-order valence-corrected chi connectivity index (χ3v) is 5.94. The van der Waals surface area contributed by atoms with Gasteiger partial charge in [-0.05, 0) is 30.1 Å². The van der Waals surface area contributed by atoms with Gasteiger partial charge in [0, 0.05) is 23.3 Å². The molecule has 3 heteroatoms. The molecule has 1 heterocycles. The quantitative estimate of drug-likeness (QED) is 0.873. The van der Waals surface area contributed by atoms with E-state index < -0.39 is 0 Å². The molecule has 1 fully saturated rings. The van der Waals surface area contributed by atoms with Gasteiger partial charge in [-0.15, -0.1) is 11.3 Å². The second kappa shape index (κ2) is 6.00. The van der Waals surface area contributed by atoms with Gasteiger partial charge in [0.25, 0.3) is 0 Å². The molecule has 2 N–H and O–H groups in total. The van der Waals surface area contributed by atoms with Gasteiger partial charge in [-0.2, -0.15) is 0 Å². The van der Waals surface area contributed by atoms with E-state index in [1.54, 1.807) is 0 Å². The average molecular weight is 309 g/mol. The molecule has 0 saturated heterocycles. The summed E-state index contributed by atoms with van der Waals surface area (Å²) in [6.45, 7) is 13.8. The van der Waals surface area contributed by atoms with Gasteiger partial charge < -0.3 is 5.73 Å². The highest BCUT2D eigenvalue weighted by molar-refractivity contribution is 7.09. The Balaban J connectivity index is 2.08. The van der Waals surface area contributed by atoms with E-state index in [2.05, 4.69) is 46.9 Å². The number of aromatic nitrogens is 1. The molecule has 120 valence electrons. The van der Waals surface area contributed by atoms with Crippen LogP contribution >= 0.6 is 11.3 Å². The minimum Gasteiger partial charge on any atom is -0.327 e. The molecule has 1 aromatic rings. The van der Waals surface area contributed by atoms with E-state index in [0.29, 0.717) is 12.0 Å². The lowest BCUT2D eigenvalue weighted by atomic mass is 9.65. The van der Waals surface area contributed by atoms with E-state index in [0.717, 1.165) is 12.3 Å². The Bertz CT molecular complexity index is 470. The van der Waals surface area contributed by atoms with Gasteiger partial charge >= 0.3 is 0 Å². The molecule has 0 bridgehead atoms. The average Bonchev–Trinajstić information content (AvgIpc) is 2.75. The van der Waals surface area contributed by atoms with Crippen LogP contribution in [0.2, 0.25) is 0 Å². The van der Waals surface area contributed by atoms with E-state index >= 15 is 0 Å². The van der Waals surface area contributed by atoms with Gasteiger partial charge in [-0.3, -0.25) is 0 Å². The van der Waals surface area contributed by atoms with E-state index in [-0.39, 0.29) is 10.8 Å². The molecule has 1 aromatic heterocycles. The van der Waals surface area contributed by atoms with Crippen LogP contribution in [0.3, 0.4) is 0 Å². The van der Waals surface area contributed by atoms with Crippen molar-refractivity contribution < 1.29 is 0 Å². The van der Waals surface area contributed by atoms with E-state index in [1.807, 2.05) is 11.3 Å². The molecule has 1 saturated carbocycles. The molecule has 0 spiro atoms. The standard InChI is InChI=1S/C18H32N2S/c1-12-7-8-13(14(19)9-12)18(5,6)10-16-20-15(11-21-16)17(2,3)4/h11-14H,7-10,19H2,1-6H3. The van der Waals surface area contributed by atoms with Crippen molar-refractivity contribution in [2.24, 2.45) is 23.0 Å². The largest absolute Gasteiger partial charge is 0.327 e. The van der Waals surface area contributed by atoms with Gasteiger partial charge in [0.2, 0.25) is 0 Å². The highest BCUT2D eigenvalue weighted by Gasteiger charge is 2.38. The highest BCUT2D eigenvalue weighted by Crippen LogP contribution is 2.42. The predicted molar refractivity (Wildman–Crippen MR) is 92.8 cm³/mol. The number of hydrogen-bond acceptors (Lipinski definition) is 3. The fourth-order valence-electron chi connectivity index (χ4n) is 3.65. The van der Waals surface area contributed by atoms with Crippen molar-refractivity contribution in [2.75, 3.05) is 0 Å². The van der Waals surface area contributed by atoms with Crippen molar-refractivity contribution in [3.8, 4) is 0 Å². The van der Waals surface area contributed by atoms with Crippen LogP contribution in [0.4, 0.5) is 0 Å². The summed E-state index contributed by atoms with van der Waals surface area (Å²) in [6.07, 6.45) is 4.83. The summed E-state index contributed by atoms with van der Waals surface area (Å²) < 4.78 is 0. The maximum Gasteiger partial charge on any atom is 0.0933 e. The first kappa shape index (κ1) is 17.0. The van der Waals surface area contributed by atoms with E-state index in [1.165, 1.54) is 30.0 Å². The first-order valence-corrected chi connectivity index (χ1v) is 9.18. The second-order valence-corrected chi connectivity index (χ2v) is 9.67. The van der Waals surface area contributed by atoms with E-state index in [4.69, 9.17) is 10.7 Å². The van der Waals surface area contributed by atoms with Gasteiger partial charge in [0.15, 0.2) is 0 Å². The summed E-state index contributed by atoms with van der Waals surface area (Å²) in [5, 5.41) is 3.50. The summed E-state index contributed by atoms with van der Waals surface area (Å²) in [5.41, 5.74) is 8.08. The highest BCUT2D eigenvalue weighted by atomic mass is 32.1. The summed E-state index contributed by atoms with van der Waals surface area (Å²) in [4.78, 5) is 4.88. The maximum absolute atomic E-state index is 6.47. The van der Waals surface area contributed by atoms with Gasteiger partial charge in [-0.25, -0.2) is 4.98 Å². The topological polar surface area (TPSA) is 38.9 Å². The van der Waals surface area contributed by atoms with Crippen molar-refractivity contribution in [1.29, 1.82) is 0 Å². The van der Waals surface area contributed by atoms with Crippen LogP contribution in [0.25, 0.3) is 0 Å². The number of nitrogens with zero attached hydrogens (tertiary/aromatic N) is 1. The van der Waals surface area contributed by atoms with E-state index in [9.17, 15) is 0 Å². The Labute approximate surface area is 134 Å². The van der Waals surface area contributed by atoms with Crippen LogP contribution in [-0.2, 0) is 11.8 Å². The van der Waals surface area contributed by atoms with Crippen LogP contribution in [0.15, 0.2) is 5.38 Å². The van der Waals surface area contributed by atoms with Gasteiger partial charge in [0.1, 0.15) is 0 Å². The van der Waals surface area contributed by atoms with Gasteiger partial charge in [0.05, 0.1) is 10.7 Å². The zero-order valence-corrected chi connectivity index (χ0v) is 15.4. The Morgan fingerprint density at radius 3 is 2.43 bits per heavy atom. The summed E-state index contributed by atoms with van der Waals surface area (Å²) in [5.74, 6) is 1.41. The molecule has 1 aliphatic carbocycles. The van der Waals surface area contributed by atoms with Crippen molar-refractivity contribution in [1.82, 2.24) is 4.98 Å². The van der Waals surface area contributed by atoms with Crippen molar-refractivity contribution in [2.45, 2.75) is 78.7 Å². The van der Waals surface area contributed by atoms with Crippen LogP contribution < -0.4 is 5.73 Å². The zero-order valence-electron chi connectivity index (χ0n) is 14.6. The molecule has 21 heavy (non-hydrogen) atoms. The molecule has 0 aromatic carbocycles. The molecule has 2 rings (SSSR count). The second-order valence-electron chi connectivity index (χ2n) is 8.73. The molecule has 3 atom stereocenters. The normalized spacial score (nSPS) is 27.9. The van der Waals surface area contributed by atoms with Crippen LogP contribution in [0.1, 0.15) is 71.5 Å². The van der Waals surface area contributed by atoms with Crippen LogP contribution in [0.5, 0.6) is 0 Å². The minimum atomic E-state index is 0.148. The molecular weight excluding hydrogens is 276 g/mol. The first-order valence-electron chi connectivity index (χ1n) is 8.30. The summed E-state index contributed by atoms with van der Waals surface area (Å²) in [6, 6.07) is 0.353. The van der Waals surface area contributed by atoms with Crippen molar-refractivity contribution in [3.63, 3.8) is 0 Å². The Morgan fingerprint density at radius 2 is 1.90 bits per heavy atom. The lowest BCUT2D eigenvalue weighted by Gasteiger charge is -2.42. The molecule has 0 radical (unpaired) electrons. The SMILES string of the molecule is CC1CCC(C(C)(C)Cc2nc(C(C)(C)C)cs2)C(N)C1. The third kappa shape index (κ3) is 4.07. The van der Waals surface area contributed by atoms with Crippen LogP contribution in [0, 0.1) is 17.3 Å².